The molecule has 0 radical (unpaired) electrons. The quantitative estimate of drug-likeness (QED) is 0.116. The van der Waals surface area contributed by atoms with Crippen molar-refractivity contribution >= 4 is 52.0 Å². The van der Waals surface area contributed by atoms with E-state index in [0.717, 1.165) is 0 Å². The third-order valence-corrected chi connectivity index (χ3v) is 6.78. The minimum absolute atomic E-state index is 0.0312. The molecule has 0 aromatic heterocycles. The predicted molar refractivity (Wildman–Crippen MR) is 141 cm³/mol. The van der Waals surface area contributed by atoms with Crippen molar-refractivity contribution in [2.75, 3.05) is 25.1 Å². The summed E-state index contributed by atoms with van der Waals surface area (Å²) < 4.78 is 0. The molecule has 1 aliphatic rings. The number of amides is 1. The van der Waals surface area contributed by atoms with Crippen LogP contribution in [0.5, 0.6) is 0 Å². The fourth-order valence-electron chi connectivity index (χ4n) is 4.66. The first kappa shape index (κ1) is 26.7. The van der Waals surface area contributed by atoms with E-state index in [-0.39, 0.29) is 18.0 Å². The number of rotatable bonds is 8. The third-order valence-electron chi connectivity index (χ3n) is 6.36. The van der Waals surface area contributed by atoms with Crippen molar-refractivity contribution in [3.63, 3.8) is 0 Å². The Balaban J connectivity index is 2.30. The molecule has 2 aromatic carbocycles. The Kier molecular flexibility index (Phi) is 7.68. The predicted octanol–water partition coefficient (Wildman–Crippen LogP) is 1.39. The van der Waals surface area contributed by atoms with Gasteiger partial charge in [-0.1, -0.05) is 24.3 Å². The van der Waals surface area contributed by atoms with Crippen LogP contribution in [0, 0.1) is 10.8 Å². The highest BCUT2D eigenvalue weighted by Gasteiger charge is 2.58. The number of hydrogen-bond donors (Lipinski definition) is 5. The minimum Gasteiger partial charge on any atom is -0.399 e. The van der Waals surface area contributed by atoms with Gasteiger partial charge in [-0.15, -0.1) is 11.6 Å². The van der Waals surface area contributed by atoms with Gasteiger partial charge in [0.1, 0.15) is 16.9 Å². The van der Waals surface area contributed by atoms with Gasteiger partial charge in [0.05, 0.1) is 11.3 Å². The number of halogens is 1. The van der Waals surface area contributed by atoms with E-state index in [9.17, 15) is 14.4 Å². The molecule has 1 aliphatic carbocycles. The van der Waals surface area contributed by atoms with E-state index in [1.165, 1.54) is 11.1 Å². The van der Waals surface area contributed by atoms with Gasteiger partial charge in [0.15, 0.2) is 11.6 Å². The Hall–Kier alpha value is -3.92. The van der Waals surface area contributed by atoms with Gasteiger partial charge in [0.25, 0.3) is 0 Å². The molecule has 11 heteroatoms. The summed E-state index contributed by atoms with van der Waals surface area (Å²) in [4.78, 5) is 40.5. The van der Waals surface area contributed by atoms with Gasteiger partial charge in [-0.05, 0) is 42.7 Å². The summed E-state index contributed by atoms with van der Waals surface area (Å²) in [5, 5.41) is 12.1. The Morgan fingerprint density at radius 1 is 1.11 bits per heavy atom. The number of ketones is 2. The lowest BCUT2D eigenvalue weighted by atomic mass is 9.57. The maximum Gasteiger partial charge on any atom is 0.218 e. The van der Waals surface area contributed by atoms with Crippen LogP contribution in [0.3, 0.4) is 0 Å². The number of nitrogen functional groups attached to an aromatic ring is 3. The summed E-state index contributed by atoms with van der Waals surface area (Å²) in [6, 6.07) is 11.2. The van der Waals surface area contributed by atoms with Crippen LogP contribution in [0.1, 0.15) is 36.0 Å². The Morgan fingerprint density at radius 2 is 1.69 bits per heavy atom. The van der Waals surface area contributed by atoms with E-state index in [1.807, 2.05) is 6.92 Å². The molecule has 2 aromatic rings. The van der Waals surface area contributed by atoms with E-state index < -0.39 is 40.6 Å². The molecule has 9 N–H and O–H groups in total. The number of benzene rings is 2. The summed E-state index contributed by atoms with van der Waals surface area (Å²) in [5.41, 5.74) is 23.5. The van der Waals surface area contributed by atoms with Gasteiger partial charge >= 0.3 is 0 Å². The number of alkyl halides is 1. The second-order valence-corrected chi connectivity index (χ2v) is 9.44. The molecule has 1 fully saturated rings. The van der Waals surface area contributed by atoms with Gasteiger partial charge in [-0.3, -0.25) is 24.8 Å². The van der Waals surface area contributed by atoms with Crippen LogP contribution in [-0.2, 0) is 20.8 Å². The van der Waals surface area contributed by atoms with Gasteiger partial charge in [-0.25, -0.2) is 0 Å². The molecule has 36 heavy (non-hydrogen) atoms. The topological polar surface area (TPSA) is 195 Å². The first-order chi connectivity index (χ1) is 16.9. The molecule has 3 rings (SSSR count). The van der Waals surface area contributed by atoms with Crippen molar-refractivity contribution in [3.05, 3.63) is 59.2 Å². The molecule has 0 saturated heterocycles. The molecule has 0 aliphatic heterocycles. The fourth-order valence-corrected chi connectivity index (χ4v) is 4.93. The number of primary amides is 1. The van der Waals surface area contributed by atoms with E-state index in [4.69, 9.17) is 39.9 Å². The van der Waals surface area contributed by atoms with Crippen LogP contribution in [-0.4, -0.2) is 53.0 Å². The molecule has 3 unspecified atom stereocenters. The first-order valence-corrected chi connectivity index (χ1v) is 11.7. The van der Waals surface area contributed by atoms with E-state index in [0.29, 0.717) is 34.6 Å². The number of Topliss-reactive ketones (excluding diaryl/α,β-unsaturated/α-hetero) is 2. The summed E-state index contributed by atoms with van der Waals surface area (Å²) in [6.07, 6.45) is -0.472. The minimum atomic E-state index is -1.64. The molecule has 190 valence electrons. The van der Waals surface area contributed by atoms with Crippen molar-refractivity contribution in [1.29, 1.82) is 5.41 Å². The summed E-state index contributed by atoms with van der Waals surface area (Å²) in [7, 11) is 1.65. The van der Waals surface area contributed by atoms with Gasteiger partial charge < -0.3 is 22.9 Å². The molecule has 0 spiro atoms. The zero-order valence-electron chi connectivity index (χ0n) is 20.1. The summed E-state index contributed by atoms with van der Waals surface area (Å²) >= 11 is 6.53. The van der Waals surface area contributed by atoms with Crippen LogP contribution in [0.4, 0.5) is 11.4 Å². The van der Waals surface area contributed by atoms with Crippen molar-refractivity contribution in [1.82, 2.24) is 5.01 Å². The highest BCUT2D eigenvalue weighted by Crippen LogP contribution is 2.49. The van der Waals surface area contributed by atoms with Crippen molar-refractivity contribution in [3.8, 4) is 0 Å². The Labute approximate surface area is 214 Å². The highest BCUT2D eigenvalue weighted by atomic mass is 35.5. The van der Waals surface area contributed by atoms with E-state index in [2.05, 4.69) is 5.10 Å². The zero-order valence-corrected chi connectivity index (χ0v) is 20.9. The molecular formula is C25H30ClN7O3. The van der Waals surface area contributed by atoms with Crippen LogP contribution in [0.2, 0.25) is 0 Å². The second-order valence-electron chi connectivity index (χ2n) is 9.01. The summed E-state index contributed by atoms with van der Waals surface area (Å²) in [6.45, 7) is 2.28. The average Bonchev–Trinajstić information content (AvgIpc) is 2.80. The van der Waals surface area contributed by atoms with Crippen molar-refractivity contribution in [2.45, 2.75) is 31.1 Å². The molecule has 0 bridgehead atoms. The van der Waals surface area contributed by atoms with Gasteiger partial charge in [0, 0.05) is 37.0 Å². The monoisotopic (exact) mass is 511 g/mol. The van der Waals surface area contributed by atoms with E-state index in [1.54, 1.807) is 43.4 Å². The van der Waals surface area contributed by atoms with Crippen LogP contribution < -0.4 is 22.9 Å². The van der Waals surface area contributed by atoms with Gasteiger partial charge in [-0.2, -0.15) is 5.10 Å². The fraction of sp³-hybridized carbons (Fsp3) is 0.320. The number of hydrogen-bond acceptors (Lipinski definition) is 8. The van der Waals surface area contributed by atoms with Crippen molar-refractivity contribution in [2.24, 2.45) is 22.0 Å². The van der Waals surface area contributed by atoms with Crippen LogP contribution >= 0.6 is 11.6 Å². The number of carbonyl (C=O) groups excluding carboxylic acids is 3. The molecule has 3 atom stereocenters. The maximum absolute atomic E-state index is 14.2. The largest absolute Gasteiger partial charge is 0.399 e. The number of anilines is 2. The standard InChI is InChI=1S/C25H30ClN7O3/c1-3-33(2)32-21-20(26)22(35)19(15-8-16(27)10-17(28)9-15)25(23(21)36,12-18(29)34)11-13-4-6-14(7-5-13)24(30)31/h4-10,19-20H,3,11-12,27-28H2,1-2H3,(H2,29,34)(H3,30,31). The number of nitrogens with one attached hydrogen (secondary N) is 1. The molecular weight excluding hydrogens is 482 g/mol. The molecule has 0 heterocycles. The van der Waals surface area contributed by atoms with Crippen LogP contribution in [0.25, 0.3) is 0 Å². The third kappa shape index (κ3) is 5.18. The molecule has 10 nitrogen and oxygen atoms in total. The smallest absolute Gasteiger partial charge is 0.218 e. The lowest BCUT2D eigenvalue weighted by molar-refractivity contribution is -0.137. The molecule has 1 saturated carbocycles. The number of nitrogens with two attached hydrogens (primary N) is 4. The first-order valence-electron chi connectivity index (χ1n) is 11.3. The zero-order chi connectivity index (χ0) is 26.8. The van der Waals surface area contributed by atoms with E-state index >= 15 is 0 Å². The normalized spacial score (nSPS) is 23.0. The number of nitrogens with zero attached hydrogens (tertiary/aromatic N) is 2. The number of hydrazone groups is 1. The van der Waals surface area contributed by atoms with Crippen LogP contribution in [0.15, 0.2) is 47.6 Å². The van der Waals surface area contributed by atoms with Gasteiger partial charge in [0.2, 0.25) is 5.91 Å². The SMILES string of the molecule is CCN(C)N=C1C(=O)C(CC(N)=O)(Cc2ccc(C(=N)N)cc2)C(c2cc(N)cc(N)c2)C(=O)C1Cl. The number of amidine groups is 1. The second kappa shape index (κ2) is 10.4. The summed E-state index contributed by atoms with van der Waals surface area (Å²) in [5.74, 6) is -3.11. The Morgan fingerprint density at radius 3 is 2.19 bits per heavy atom. The Bertz CT molecular complexity index is 1220. The molecule has 1 amide bonds. The lowest BCUT2D eigenvalue weighted by Gasteiger charge is -2.43. The highest BCUT2D eigenvalue weighted by molar-refractivity contribution is 6.61. The lowest BCUT2D eigenvalue weighted by Crippen LogP contribution is -2.57. The maximum atomic E-state index is 14.2. The average molecular weight is 512 g/mol. The van der Waals surface area contributed by atoms with Crippen molar-refractivity contribution < 1.29 is 14.4 Å². The number of carbonyl (C=O) groups is 3.